The van der Waals surface area contributed by atoms with Crippen LogP contribution in [0.2, 0.25) is 0 Å². The SMILES string of the molecule is CN(C)S(=O)c1ccc(-c2c(C(=O)O)[nH]c3c(CCOc4ccccc4)cccc23)cc1. The maximum absolute atomic E-state index is 12.3. The number of benzene rings is 3. The van der Waals surface area contributed by atoms with Crippen molar-refractivity contribution >= 4 is 27.9 Å². The molecule has 164 valence electrons. The fourth-order valence-electron chi connectivity index (χ4n) is 3.69. The average Bonchev–Trinajstić information content (AvgIpc) is 3.20. The number of aromatic carboxylic acids is 1. The summed E-state index contributed by atoms with van der Waals surface area (Å²) in [7, 11) is 2.23. The van der Waals surface area contributed by atoms with Gasteiger partial charge in [-0.25, -0.2) is 13.3 Å². The number of nitrogens with zero attached hydrogens (tertiary/aromatic N) is 1. The van der Waals surface area contributed by atoms with E-state index in [1.807, 2.05) is 60.7 Å². The fraction of sp³-hybridized carbons (Fsp3) is 0.160. The third kappa shape index (κ3) is 4.44. The third-order valence-corrected chi connectivity index (χ3v) is 6.53. The van der Waals surface area contributed by atoms with Crippen LogP contribution in [0.25, 0.3) is 22.0 Å². The van der Waals surface area contributed by atoms with Gasteiger partial charge in [-0.05, 0) is 49.5 Å². The van der Waals surface area contributed by atoms with E-state index in [1.54, 1.807) is 30.5 Å². The molecule has 0 saturated carbocycles. The van der Waals surface area contributed by atoms with Gasteiger partial charge in [0.25, 0.3) is 0 Å². The van der Waals surface area contributed by atoms with Crippen LogP contribution in [-0.4, -0.2) is 45.3 Å². The van der Waals surface area contributed by atoms with E-state index in [1.165, 1.54) is 0 Å². The number of para-hydroxylation sites is 2. The minimum absolute atomic E-state index is 0.137. The first-order chi connectivity index (χ1) is 15.5. The number of nitrogens with one attached hydrogen (secondary N) is 1. The highest BCUT2D eigenvalue weighted by Gasteiger charge is 2.20. The Kier molecular flexibility index (Phi) is 6.39. The van der Waals surface area contributed by atoms with Crippen molar-refractivity contribution in [1.29, 1.82) is 0 Å². The fourth-order valence-corrected chi connectivity index (χ4v) is 4.48. The highest BCUT2D eigenvalue weighted by atomic mass is 32.2. The van der Waals surface area contributed by atoms with E-state index >= 15 is 0 Å². The number of rotatable bonds is 8. The quantitative estimate of drug-likeness (QED) is 0.408. The molecule has 0 fully saturated rings. The van der Waals surface area contributed by atoms with Crippen molar-refractivity contribution in [2.75, 3.05) is 20.7 Å². The monoisotopic (exact) mass is 448 g/mol. The molecule has 0 saturated heterocycles. The maximum atomic E-state index is 12.3. The molecule has 0 aliphatic heterocycles. The summed E-state index contributed by atoms with van der Waals surface area (Å²) in [6, 6.07) is 22.6. The van der Waals surface area contributed by atoms with Crippen LogP contribution in [0.3, 0.4) is 0 Å². The molecule has 4 rings (SSSR count). The second-order valence-electron chi connectivity index (χ2n) is 7.52. The zero-order valence-electron chi connectivity index (χ0n) is 17.9. The molecule has 0 aliphatic rings. The predicted molar refractivity (Wildman–Crippen MR) is 126 cm³/mol. The van der Waals surface area contributed by atoms with Crippen LogP contribution in [0.15, 0.2) is 77.7 Å². The van der Waals surface area contributed by atoms with E-state index < -0.39 is 17.0 Å². The predicted octanol–water partition coefficient (Wildman–Crippen LogP) is 4.74. The van der Waals surface area contributed by atoms with E-state index in [0.29, 0.717) is 23.5 Å². The zero-order valence-corrected chi connectivity index (χ0v) is 18.7. The molecular weight excluding hydrogens is 424 g/mol. The van der Waals surface area contributed by atoms with E-state index in [-0.39, 0.29) is 5.69 Å². The van der Waals surface area contributed by atoms with E-state index in [9.17, 15) is 14.1 Å². The van der Waals surface area contributed by atoms with Crippen molar-refractivity contribution in [2.24, 2.45) is 0 Å². The molecule has 0 aliphatic carbocycles. The van der Waals surface area contributed by atoms with Gasteiger partial charge in [0.15, 0.2) is 0 Å². The molecule has 4 aromatic rings. The number of fused-ring (bicyclic) bond motifs is 1. The van der Waals surface area contributed by atoms with Crippen molar-refractivity contribution < 1.29 is 18.8 Å². The normalized spacial score (nSPS) is 12.2. The summed E-state index contributed by atoms with van der Waals surface area (Å²) in [6.45, 7) is 0.477. The molecule has 1 aromatic heterocycles. The van der Waals surface area contributed by atoms with Gasteiger partial charge in [-0.2, -0.15) is 0 Å². The largest absolute Gasteiger partial charge is 0.493 e. The lowest BCUT2D eigenvalue weighted by molar-refractivity contribution is 0.0692. The number of carboxylic acids is 1. The Labute approximate surface area is 189 Å². The molecule has 3 aromatic carbocycles. The standard InChI is InChI=1S/C25H24N2O4S/c1-27(2)32(30)20-13-11-17(12-14-20)22-21-10-6-7-18(23(21)26-24(22)25(28)29)15-16-31-19-8-4-3-5-9-19/h3-14,26H,15-16H2,1-2H3,(H,28,29). The number of aromatic amines is 1. The first-order valence-corrected chi connectivity index (χ1v) is 11.3. The van der Waals surface area contributed by atoms with Gasteiger partial charge < -0.3 is 14.8 Å². The Balaban J connectivity index is 1.68. The number of ether oxygens (including phenoxy) is 1. The van der Waals surface area contributed by atoms with Crippen molar-refractivity contribution in [2.45, 2.75) is 11.3 Å². The Hall–Kier alpha value is -3.42. The Morgan fingerprint density at radius 2 is 1.72 bits per heavy atom. The second kappa shape index (κ2) is 9.38. The molecule has 1 unspecified atom stereocenters. The summed E-state index contributed by atoms with van der Waals surface area (Å²) >= 11 is 0. The van der Waals surface area contributed by atoms with Crippen LogP contribution >= 0.6 is 0 Å². The Bertz CT molecular complexity index is 1260. The van der Waals surface area contributed by atoms with Gasteiger partial charge in [0.1, 0.15) is 22.4 Å². The van der Waals surface area contributed by atoms with Crippen molar-refractivity contribution in [1.82, 2.24) is 9.29 Å². The smallest absolute Gasteiger partial charge is 0.352 e. The summed E-state index contributed by atoms with van der Waals surface area (Å²) in [6.07, 6.45) is 0.631. The molecule has 1 heterocycles. The number of aromatic nitrogens is 1. The summed E-state index contributed by atoms with van der Waals surface area (Å²) in [5.74, 6) is -0.225. The lowest BCUT2D eigenvalue weighted by Crippen LogP contribution is -2.15. The third-order valence-electron chi connectivity index (χ3n) is 5.19. The molecule has 6 nitrogen and oxygen atoms in total. The van der Waals surface area contributed by atoms with Crippen LogP contribution < -0.4 is 4.74 Å². The molecule has 0 radical (unpaired) electrons. The summed E-state index contributed by atoms with van der Waals surface area (Å²) in [5, 5.41) is 10.7. The van der Waals surface area contributed by atoms with Crippen LogP contribution in [0.5, 0.6) is 5.75 Å². The Morgan fingerprint density at radius 1 is 1.00 bits per heavy atom. The summed E-state index contributed by atoms with van der Waals surface area (Å²) in [4.78, 5) is 15.8. The van der Waals surface area contributed by atoms with Crippen LogP contribution in [0, 0.1) is 0 Å². The maximum Gasteiger partial charge on any atom is 0.352 e. The number of carboxylic acid groups (broad SMARTS) is 1. The van der Waals surface area contributed by atoms with Crippen molar-refractivity contribution in [3.8, 4) is 16.9 Å². The molecule has 0 amide bonds. The van der Waals surface area contributed by atoms with E-state index in [4.69, 9.17) is 4.74 Å². The Morgan fingerprint density at radius 3 is 2.38 bits per heavy atom. The lowest BCUT2D eigenvalue weighted by atomic mass is 10.00. The van der Waals surface area contributed by atoms with Crippen LogP contribution in [-0.2, 0) is 17.4 Å². The van der Waals surface area contributed by atoms with E-state index in [0.717, 1.165) is 27.8 Å². The van der Waals surface area contributed by atoms with Gasteiger partial charge in [0.2, 0.25) is 0 Å². The van der Waals surface area contributed by atoms with E-state index in [2.05, 4.69) is 4.98 Å². The van der Waals surface area contributed by atoms with Crippen molar-refractivity contribution in [3.05, 3.63) is 84.1 Å². The topological polar surface area (TPSA) is 82.6 Å². The first kappa shape index (κ1) is 21.8. The molecule has 0 spiro atoms. The first-order valence-electron chi connectivity index (χ1n) is 10.2. The molecule has 2 N–H and O–H groups in total. The number of H-pyrrole nitrogens is 1. The van der Waals surface area contributed by atoms with Crippen molar-refractivity contribution in [3.63, 3.8) is 0 Å². The minimum atomic E-state index is -1.26. The van der Waals surface area contributed by atoms with Gasteiger partial charge in [0.05, 0.1) is 17.0 Å². The molecule has 7 heteroatoms. The summed E-state index contributed by atoms with van der Waals surface area (Å²) in [5.41, 5.74) is 3.29. The molecular formula is C25H24N2O4S. The molecule has 1 atom stereocenters. The average molecular weight is 449 g/mol. The summed E-state index contributed by atoms with van der Waals surface area (Å²) < 4.78 is 19.7. The minimum Gasteiger partial charge on any atom is -0.493 e. The van der Waals surface area contributed by atoms with Gasteiger partial charge in [-0.1, -0.05) is 48.5 Å². The number of hydrogen-bond donors (Lipinski definition) is 2. The zero-order chi connectivity index (χ0) is 22.7. The highest BCUT2D eigenvalue weighted by molar-refractivity contribution is 7.82. The van der Waals surface area contributed by atoms with Gasteiger partial charge in [-0.3, -0.25) is 0 Å². The second-order valence-corrected chi connectivity index (χ2v) is 9.22. The lowest BCUT2D eigenvalue weighted by Gasteiger charge is -2.10. The number of hydrogen-bond acceptors (Lipinski definition) is 3. The van der Waals surface area contributed by atoms with Gasteiger partial charge in [-0.15, -0.1) is 0 Å². The highest BCUT2D eigenvalue weighted by Crippen LogP contribution is 2.34. The van der Waals surface area contributed by atoms with Crippen LogP contribution in [0.1, 0.15) is 16.1 Å². The van der Waals surface area contributed by atoms with Gasteiger partial charge in [0, 0.05) is 17.4 Å². The van der Waals surface area contributed by atoms with Crippen LogP contribution in [0.4, 0.5) is 0 Å². The molecule has 0 bridgehead atoms. The molecule has 32 heavy (non-hydrogen) atoms. The number of carbonyl (C=O) groups is 1. The van der Waals surface area contributed by atoms with Gasteiger partial charge >= 0.3 is 5.97 Å².